The number of nitrogens with two attached hydrogens (primary N) is 1. The lowest BCUT2D eigenvalue weighted by molar-refractivity contribution is -0.154. The molecule has 544 valence electrons. The van der Waals surface area contributed by atoms with Crippen molar-refractivity contribution in [1.29, 1.82) is 0 Å². The number of nitrogens with zero attached hydrogens (tertiary/aromatic N) is 18. The van der Waals surface area contributed by atoms with E-state index in [4.69, 9.17) is 40.5 Å². The number of aliphatic carboxylic acids is 1. The molecule has 24 heteroatoms. The van der Waals surface area contributed by atoms with Crippen molar-refractivity contribution in [3.8, 4) is 0 Å². The van der Waals surface area contributed by atoms with E-state index in [1.807, 2.05) is 102 Å². The molecule has 0 spiro atoms. The van der Waals surface area contributed by atoms with Gasteiger partial charge in [0, 0.05) is 170 Å². The first-order chi connectivity index (χ1) is 48.2. The van der Waals surface area contributed by atoms with Crippen LogP contribution in [0.5, 0.6) is 0 Å². The van der Waals surface area contributed by atoms with Gasteiger partial charge in [0.25, 0.3) is 0 Å². The van der Waals surface area contributed by atoms with Gasteiger partial charge in [-0.25, -0.2) is 29.9 Å². The van der Waals surface area contributed by atoms with Gasteiger partial charge in [0.2, 0.25) is 5.91 Å². The molecule has 9 aromatic rings. The number of carboxylic acid groups (broad SMARTS) is 1. The SMILES string of the molecule is C.C.Cc1nc(CN(CCCC(=O)O)c2cccc3cccnc23)cc(N2CCN(C)CC2)n1.Cc1nc(CN(CCCC(=O)OC(C)(C)C)c2cccc3cccnc23)cc(N2CCN(C)CC2)n1.Cc1nc(CN(CCCC(N)=O)c2cccc3cccnc23)cc(N2CCN(C)CC2)n1. The van der Waals surface area contributed by atoms with Crippen LogP contribution in [0, 0.1) is 20.8 Å². The van der Waals surface area contributed by atoms with E-state index in [1.165, 1.54) is 0 Å². The number of hydrogen-bond donors (Lipinski definition) is 2. The van der Waals surface area contributed by atoms with E-state index in [1.54, 1.807) is 6.20 Å². The van der Waals surface area contributed by atoms with E-state index >= 15 is 0 Å². The van der Waals surface area contributed by atoms with Crippen LogP contribution in [0.4, 0.5) is 34.5 Å². The van der Waals surface area contributed by atoms with Crippen LogP contribution >= 0.6 is 0 Å². The van der Waals surface area contributed by atoms with Gasteiger partial charge < -0.3 is 59.7 Å². The number of hydrogen-bond acceptors (Lipinski definition) is 22. The third-order valence-corrected chi connectivity index (χ3v) is 17.9. The predicted octanol–water partition coefficient (Wildman–Crippen LogP) is 10.8. The number of pyridine rings is 3. The van der Waals surface area contributed by atoms with Crippen molar-refractivity contribution in [3.05, 3.63) is 162 Å². The van der Waals surface area contributed by atoms with Gasteiger partial charge in [-0.2, -0.15) is 0 Å². The number of esters is 1. The predicted molar refractivity (Wildman–Crippen MR) is 412 cm³/mol. The zero-order chi connectivity index (χ0) is 70.7. The molecule has 3 aliphatic rings. The molecule has 0 aliphatic carbocycles. The van der Waals surface area contributed by atoms with Gasteiger partial charge in [0.05, 0.1) is 70.3 Å². The highest BCUT2D eigenvalue weighted by Gasteiger charge is 2.24. The second-order valence-corrected chi connectivity index (χ2v) is 27.2. The number of aryl methyl sites for hydroxylation is 3. The van der Waals surface area contributed by atoms with Gasteiger partial charge >= 0.3 is 11.9 Å². The molecule has 1 amide bonds. The lowest BCUT2D eigenvalue weighted by Crippen LogP contribution is -2.45. The second kappa shape index (κ2) is 37.2. The number of benzene rings is 3. The van der Waals surface area contributed by atoms with Crippen LogP contribution in [0.2, 0.25) is 0 Å². The molecular formula is C78H107N19O5. The molecule has 3 saturated heterocycles. The number of carbonyl (C=O) groups excluding carboxylic acids is 2. The van der Waals surface area contributed by atoms with Crippen LogP contribution in [0.1, 0.15) is 109 Å². The molecular weight excluding hydrogens is 1280 g/mol. The van der Waals surface area contributed by atoms with E-state index in [0.29, 0.717) is 71.4 Å². The molecule has 12 rings (SSSR count). The molecule has 0 saturated carbocycles. The summed E-state index contributed by atoms with van der Waals surface area (Å²) in [4.78, 5) is 97.7. The van der Waals surface area contributed by atoms with Gasteiger partial charge in [-0.15, -0.1) is 0 Å². The monoisotopic (exact) mass is 1390 g/mol. The van der Waals surface area contributed by atoms with Gasteiger partial charge in [-0.1, -0.05) is 69.5 Å². The van der Waals surface area contributed by atoms with Crippen molar-refractivity contribution in [3.63, 3.8) is 0 Å². The molecule has 3 aromatic carbocycles. The van der Waals surface area contributed by atoms with E-state index in [-0.39, 0.29) is 33.2 Å². The molecule has 3 fully saturated rings. The highest BCUT2D eigenvalue weighted by molar-refractivity contribution is 5.92. The maximum Gasteiger partial charge on any atom is 0.306 e. The summed E-state index contributed by atoms with van der Waals surface area (Å²) >= 11 is 0. The number of piperazine rings is 3. The third-order valence-electron chi connectivity index (χ3n) is 17.9. The first-order valence-electron chi connectivity index (χ1n) is 35.0. The van der Waals surface area contributed by atoms with Crippen molar-refractivity contribution in [2.24, 2.45) is 5.73 Å². The summed E-state index contributed by atoms with van der Waals surface area (Å²) in [6.45, 7) is 27.1. The number of carbonyl (C=O) groups is 3. The number of ether oxygens (including phenoxy) is 1. The van der Waals surface area contributed by atoms with Gasteiger partial charge in [0.15, 0.2) is 0 Å². The Hall–Kier alpha value is -9.78. The Kier molecular flexibility index (Phi) is 28.5. The molecule has 3 N–H and O–H groups in total. The number of carboxylic acids is 1. The molecule has 24 nitrogen and oxygen atoms in total. The Morgan fingerprint density at radius 2 is 0.755 bits per heavy atom. The summed E-state index contributed by atoms with van der Waals surface area (Å²) in [6.07, 6.45) is 8.17. The lowest BCUT2D eigenvalue weighted by Gasteiger charge is -2.33. The van der Waals surface area contributed by atoms with Crippen molar-refractivity contribution in [2.75, 3.05) is 149 Å². The van der Waals surface area contributed by atoms with Gasteiger partial charge in [-0.3, -0.25) is 29.3 Å². The van der Waals surface area contributed by atoms with Gasteiger partial charge in [0.1, 0.15) is 40.5 Å². The first kappa shape index (κ1) is 77.9. The van der Waals surface area contributed by atoms with Gasteiger partial charge in [-0.05, 0) is 118 Å². The summed E-state index contributed by atoms with van der Waals surface area (Å²) in [5, 5.41) is 12.4. The van der Waals surface area contributed by atoms with Crippen LogP contribution in [0.25, 0.3) is 32.7 Å². The standard InChI is InChI=1S/C28H38N6O2.C24H31N7O.C24H30N6O2.2CH4/c1-21-30-23(19-25(31-21)33-17-15-32(5)16-18-33)20-34(14-8-12-26(35)36-28(2,3)4)24-11-6-9-22-10-7-13-29-27(22)24;1-18-27-20(16-23(28-18)30-14-12-29(2)13-15-30)17-31(11-5-9-22(25)32)21-8-3-6-19-7-4-10-26-24(19)21;1-18-26-20(16-22(27-18)29-14-12-28(2)13-15-29)17-30(11-5-9-23(31)32)21-8-3-6-19-7-4-10-25-24(19)21;;/h6-7,9-11,13,19H,8,12,14-18,20H2,1-5H3;3-4,6-8,10,16H,5,9,11-15,17H2,1-2H3,(H2,25,32);3-4,6-8,10,16H,5,9,11-15,17H2,1-2H3,(H,31,32);2*1H4. The normalized spacial score (nSPS) is 14.4. The third kappa shape index (κ3) is 22.6. The lowest BCUT2D eigenvalue weighted by atomic mass is 10.1. The molecule has 0 atom stereocenters. The number of para-hydroxylation sites is 3. The maximum atomic E-state index is 12.4. The van der Waals surface area contributed by atoms with E-state index in [9.17, 15) is 14.4 Å². The summed E-state index contributed by atoms with van der Waals surface area (Å²) < 4.78 is 5.52. The minimum absolute atomic E-state index is 0. The number of anilines is 6. The highest BCUT2D eigenvalue weighted by atomic mass is 16.6. The quantitative estimate of drug-likeness (QED) is 0.0533. The Morgan fingerprint density at radius 3 is 1.06 bits per heavy atom. The topological polar surface area (TPSA) is 252 Å². The van der Waals surface area contributed by atoms with Crippen LogP contribution in [0.3, 0.4) is 0 Å². The van der Waals surface area contributed by atoms with Crippen LogP contribution in [-0.4, -0.2) is 207 Å². The van der Waals surface area contributed by atoms with Crippen molar-refractivity contribution in [1.82, 2.24) is 59.6 Å². The fraction of sp³-hybridized carbons (Fsp3) is 0.462. The summed E-state index contributed by atoms with van der Waals surface area (Å²) in [5.74, 6) is 3.97. The number of aromatic nitrogens is 9. The van der Waals surface area contributed by atoms with Crippen LogP contribution in [0.15, 0.2) is 128 Å². The molecule has 3 aliphatic heterocycles. The minimum Gasteiger partial charge on any atom is -0.481 e. The Morgan fingerprint density at radius 1 is 0.451 bits per heavy atom. The Labute approximate surface area is 603 Å². The second-order valence-electron chi connectivity index (χ2n) is 27.2. The van der Waals surface area contributed by atoms with Crippen LogP contribution < -0.4 is 35.1 Å². The molecule has 6 aromatic heterocycles. The largest absolute Gasteiger partial charge is 0.481 e. The Balaban J connectivity index is 0.000000193. The fourth-order valence-electron chi connectivity index (χ4n) is 12.8. The zero-order valence-corrected chi connectivity index (χ0v) is 59.8. The van der Waals surface area contributed by atoms with E-state index in [0.717, 1.165) is 180 Å². The molecule has 0 radical (unpaired) electrons. The number of likely N-dealkylation sites (N-methyl/N-ethyl adjacent to an activating group) is 3. The summed E-state index contributed by atoms with van der Waals surface area (Å²) in [7, 11) is 6.44. The smallest absolute Gasteiger partial charge is 0.306 e. The number of primary amides is 1. The average Bonchev–Trinajstić information content (AvgIpc) is 0.815. The number of fused-ring (bicyclic) bond motifs is 3. The first-order valence-corrected chi connectivity index (χ1v) is 35.0. The summed E-state index contributed by atoms with van der Waals surface area (Å²) in [6, 6.07) is 36.8. The average molecular weight is 1390 g/mol. The van der Waals surface area contributed by atoms with Crippen molar-refractivity contribution >= 4 is 85.1 Å². The summed E-state index contributed by atoms with van der Waals surface area (Å²) in [5.41, 5.74) is 13.6. The van der Waals surface area contributed by atoms with E-state index in [2.05, 4.69) is 146 Å². The zero-order valence-electron chi connectivity index (χ0n) is 59.8. The molecule has 0 bridgehead atoms. The maximum absolute atomic E-state index is 12.4. The Bertz CT molecular complexity index is 4000. The minimum atomic E-state index is -0.781. The van der Waals surface area contributed by atoms with Crippen molar-refractivity contribution in [2.45, 2.75) is 120 Å². The molecule has 0 unspecified atom stereocenters. The van der Waals surface area contributed by atoms with Crippen molar-refractivity contribution < 1.29 is 24.2 Å². The molecule has 102 heavy (non-hydrogen) atoms. The van der Waals surface area contributed by atoms with E-state index < -0.39 is 11.6 Å². The number of rotatable bonds is 24. The highest BCUT2D eigenvalue weighted by Crippen LogP contribution is 2.31. The number of amides is 1. The fourth-order valence-corrected chi connectivity index (χ4v) is 12.8. The molecule has 9 heterocycles. The van der Waals surface area contributed by atoms with Crippen LogP contribution in [-0.2, 0) is 38.8 Å².